The van der Waals surface area contributed by atoms with Crippen LogP contribution in [0.3, 0.4) is 0 Å². The molecule has 0 bridgehead atoms. The molecule has 0 aromatic heterocycles. The SMILES string of the molecule is CCN(Cc1ccccc1)[C@@H]1CCCC[C@H]1O. The Morgan fingerprint density at radius 1 is 1.18 bits per heavy atom. The molecule has 2 heteroatoms. The summed E-state index contributed by atoms with van der Waals surface area (Å²) in [5.74, 6) is 0. The van der Waals surface area contributed by atoms with Crippen molar-refractivity contribution in [1.29, 1.82) is 0 Å². The molecule has 0 amide bonds. The zero-order valence-electron chi connectivity index (χ0n) is 10.7. The average Bonchev–Trinajstić information content (AvgIpc) is 2.38. The Kier molecular flexibility index (Phi) is 4.57. The lowest BCUT2D eigenvalue weighted by Crippen LogP contribution is -2.44. The molecule has 0 spiro atoms. The molecule has 0 heterocycles. The number of hydrogen-bond acceptors (Lipinski definition) is 2. The van der Waals surface area contributed by atoms with E-state index in [4.69, 9.17) is 0 Å². The number of rotatable bonds is 4. The first kappa shape index (κ1) is 12.6. The van der Waals surface area contributed by atoms with Crippen molar-refractivity contribution in [3.05, 3.63) is 35.9 Å². The predicted octanol–water partition coefficient (Wildman–Crippen LogP) is 2.81. The Morgan fingerprint density at radius 3 is 2.53 bits per heavy atom. The molecule has 2 nitrogen and oxygen atoms in total. The fourth-order valence-electron chi connectivity index (χ4n) is 2.80. The van der Waals surface area contributed by atoms with Crippen molar-refractivity contribution in [3.8, 4) is 0 Å². The number of hydrogen-bond donors (Lipinski definition) is 1. The molecule has 1 aliphatic carbocycles. The monoisotopic (exact) mass is 233 g/mol. The first-order valence-corrected chi connectivity index (χ1v) is 6.77. The zero-order valence-corrected chi connectivity index (χ0v) is 10.7. The van der Waals surface area contributed by atoms with Gasteiger partial charge in [-0.25, -0.2) is 0 Å². The maximum absolute atomic E-state index is 10.1. The van der Waals surface area contributed by atoms with E-state index >= 15 is 0 Å². The largest absolute Gasteiger partial charge is 0.391 e. The van der Waals surface area contributed by atoms with Crippen LogP contribution in [-0.2, 0) is 6.54 Å². The fraction of sp³-hybridized carbons (Fsp3) is 0.600. The Labute approximate surface area is 104 Å². The molecule has 17 heavy (non-hydrogen) atoms. The van der Waals surface area contributed by atoms with E-state index in [0.29, 0.717) is 6.04 Å². The van der Waals surface area contributed by atoms with Gasteiger partial charge in [0.25, 0.3) is 0 Å². The van der Waals surface area contributed by atoms with Crippen LogP contribution in [0.1, 0.15) is 38.2 Å². The van der Waals surface area contributed by atoms with E-state index in [9.17, 15) is 5.11 Å². The van der Waals surface area contributed by atoms with Crippen LogP contribution in [0.2, 0.25) is 0 Å². The maximum atomic E-state index is 10.1. The molecule has 0 radical (unpaired) electrons. The summed E-state index contributed by atoms with van der Waals surface area (Å²) in [4.78, 5) is 2.42. The Bertz CT molecular complexity index is 325. The highest BCUT2D eigenvalue weighted by molar-refractivity contribution is 5.14. The second kappa shape index (κ2) is 6.18. The van der Waals surface area contributed by atoms with Gasteiger partial charge in [0, 0.05) is 12.6 Å². The minimum absolute atomic E-state index is 0.132. The van der Waals surface area contributed by atoms with Crippen molar-refractivity contribution < 1.29 is 5.11 Å². The topological polar surface area (TPSA) is 23.5 Å². The number of aliphatic hydroxyl groups excluding tert-OH is 1. The summed E-state index contributed by atoms with van der Waals surface area (Å²) in [6.45, 7) is 4.15. The first-order chi connectivity index (χ1) is 8.31. The van der Waals surface area contributed by atoms with Gasteiger partial charge in [0.05, 0.1) is 6.10 Å². The number of benzene rings is 1. The van der Waals surface area contributed by atoms with Gasteiger partial charge in [0.15, 0.2) is 0 Å². The molecule has 1 fully saturated rings. The quantitative estimate of drug-likeness (QED) is 0.864. The molecular weight excluding hydrogens is 210 g/mol. The highest BCUT2D eigenvalue weighted by Crippen LogP contribution is 2.24. The fourth-order valence-corrected chi connectivity index (χ4v) is 2.80. The van der Waals surface area contributed by atoms with Crippen LogP contribution in [0.5, 0.6) is 0 Å². The van der Waals surface area contributed by atoms with Gasteiger partial charge in [-0.3, -0.25) is 4.90 Å². The van der Waals surface area contributed by atoms with Gasteiger partial charge >= 0.3 is 0 Å². The maximum Gasteiger partial charge on any atom is 0.0695 e. The standard InChI is InChI=1S/C15H23NO/c1-2-16(12-13-8-4-3-5-9-13)14-10-6-7-11-15(14)17/h3-5,8-9,14-15,17H,2,6-7,10-12H2,1H3/t14-,15-/m1/s1. The third-order valence-corrected chi connectivity index (χ3v) is 3.80. The summed E-state index contributed by atoms with van der Waals surface area (Å²) in [5.41, 5.74) is 1.34. The van der Waals surface area contributed by atoms with E-state index in [1.807, 2.05) is 0 Å². The van der Waals surface area contributed by atoms with Crippen LogP contribution in [0.15, 0.2) is 30.3 Å². The Hall–Kier alpha value is -0.860. The Morgan fingerprint density at radius 2 is 1.88 bits per heavy atom. The molecule has 94 valence electrons. The molecule has 1 aromatic rings. The molecule has 1 aromatic carbocycles. The van der Waals surface area contributed by atoms with E-state index in [-0.39, 0.29) is 6.10 Å². The van der Waals surface area contributed by atoms with Gasteiger partial charge < -0.3 is 5.11 Å². The highest BCUT2D eigenvalue weighted by Gasteiger charge is 2.27. The summed E-state index contributed by atoms with van der Waals surface area (Å²) in [7, 11) is 0. The van der Waals surface area contributed by atoms with Crippen molar-refractivity contribution in [1.82, 2.24) is 4.90 Å². The normalized spacial score (nSPS) is 25.1. The summed E-state index contributed by atoms with van der Waals surface area (Å²) in [6.07, 6.45) is 4.41. The van der Waals surface area contributed by atoms with Gasteiger partial charge in [0.2, 0.25) is 0 Å². The first-order valence-electron chi connectivity index (χ1n) is 6.77. The molecule has 1 aliphatic rings. The summed E-state index contributed by atoms with van der Waals surface area (Å²) in [5, 5.41) is 10.1. The van der Waals surface area contributed by atoms with Crippen LogP contribution in [0, 0.1) is 0 Å². The van der Waals surface area contributed by atoms with Gasteiger partial charge in [-0.1, -0.05) is 50.1 Å². The second-order valence-corrected chi connectivity index (χ2v) is 4.97. The van der Waals surface area contributed by atoms with Gasteiger partial charge in [0.1, 0.15) is 0 Å². The van der Waals surface area contributed by atoms with Crippen LogP contribution in [0.25, 0.3) is 0 Å². The van der Waals surface area contributed by atoms with Crippen molar-refractivity contribution in [2.45, 2.75) is 51.3 Å². The third kappa shape index (κ3) is 3.30. The van der Waals surface area contributed by atoms with Crippen LogP contribution >= 0.6 is 0 Å². The lowest BCUT2D eigenvalue weighted by atomic mass is 9.91. The molecule has 0 unspecified atom stereocenters. The lowest BCUT2D eigenvalue weighted by molar-refractivity contribution is 0.0182. The van der Waals surface area contributed by atoms with Crippen molar-refractivity contribution in [3.63, 3.8) is 0 Å². The molecular formula is C15H23NO. The van der Waals surface area contributed by atoms with Gasteiger partial charge in [-0.05, 0) is 24.9 Å². The van der Waals surface area contributed by atoms with Crippen LogP contribution in [0.4, 0.5) is 0 Å². The average molecular weight is 233 g/mol. The van der Waals surface area contributed by atoms with E-state index in [1.54, 1.807) is 0 Å². The van der Waals surface area contributed by atoms with E-state index in [1.165, 1.54) is 18.4 Å². The highest BCUT2D eigenvalue weighted by atomic mass is 16.3. The minimum Gasteiger partial charge on any atom is -0.391 e. The van der Waals surface area contributed by atoms with Gasteiger partial charge in [-0.2, -0.15) is 0 Å². The van der Waals surface area contributed by atoms with Gasteiger partial charge in [-0.15, -0.1) is 0 Å². The van der Waals surface area contributed by atoms with Crippen molar-refractivity contribution in [2.75, 3.05) is 6.54 Å². The number of aliphatic hydroxyl groups is 1. The smallest absolute Gasteiger partial charge is 0.0695 e. The Balaban J connectivity index is 2.00. The summed E-state index contributed by atoms with van der Waals surface area (Å²) in [6, 6.07) is 10.9. The number of nitrogens with zero attached hydrogens (tertiary/aromatic N) is 1. The van der Waals surface area contributed by atoms with Crippen LogP contribution < -0.4 is 0 Å². The lowest BCUT2D eigenvalue weighted by Gasteiger charge is -2.37. The second-order valence-electron chi connectivity index (χ2n) is 4.97. The third-order valence-electron chi connectivity index (χ3n) is 3.80. The molecule has 1 saturated carbocycles. The molecule has 0 aliphatic heterocycles. The van der Waals surface area contributed by atoms with E-state index in [2.05, 4.69) is 42.2 Å². The zero-order chi connectivity index (χ0) is 12.1. The summed E-state index contributed by atoms with van der Waals surface area (Å²) >= 11 is 0. The molecule has 2 atom stereocenters. The van der Waals surface area contributed by atoms with Crippen molar-refractivity contribution in [2.24, 2.45) is 0 Å². The minimum atomic E-state index is -0.132. The summed E-state index contributed by atoms with van der Waals surface area (Å²) < 4.78 is 0. The van der Waals surface area contributed by atoms with Crippen molar-refractivity contribution >= 4 is 0 Å². The van der Waals surface area contributed by atoms with E-state index < -0.39 is 0 Å². The molecule has 0 saturated heterocycles. The molecule has 2 rings (SSSR count). The molecule has 1 N–H and O–H groups in total. The van der Waals surface area contributed by atoms with Crippen LogP contribution in [-0.4, -0.2) is 28.7 Å². The van der Waals surface area contributed by atoms with E-state index in [0.717, 1.165) is 25.9 Å². The number of likely N-dealkylation sites (N-methyl/N-ethyl adjacent to an activating group) is 1. The predicted molar refractivity (Wildman–Crippen MR) is 70.8 cm³/mol.